The number of nitrogens with zero attached hydrogens (tertiary/aromatic N) is 2. The molecule has 0 saturated heterocycles. The van der Waals surface area contributed by atoms with Gasteiger partial charge in [0.25, 0.3) is 0 Å². The topological polar surface area (TPSA) is 37.8 Å². The Hall–Kier alpha value is -1.74. The molecule has 1 heterocycles. The van der Waals surface area contributed by atoms with Crippen LogP contribution in [0.25, 0.3) is 0 Å². The molecule has 0 spiro atoms. The van der Waals surface area contributed by atoms with Crippen molar-refractivity contribution in [1.29, 1.82) is 0 Å². The van der Waals surface area contributed by atoms with Gasteiger partial charge in [-0.2, -0.15) is 0 Å². The fourth-order valence-corrected chi connectivity index (χ4v) is 2.10. The van der Waals surface area contributed by atoms with E-state index in [9.17, 15) is 0 Å². The van der Waals surface area contributed by atoms with Crippen LogP contribution in [-0.2, 0) is 0 Å². The van der Waals surface area contributed by atoms with Crippen molar-refractivity contribution >= 4 is 0 Å². The molecular formula is C16H21N3. The van der Waals surface area contributed by atoms with Crippen molar-refractivity contribution in [2.45, 2.75) is 33.2 Å². The average Bonchev–Trinajstić information content (AvgIpc) is 2.44. The molecule has 0 radical (unpaired) electrons. The first kappa shape index (κ1) is 13.7. The van der Waals surface area contributed by atoms with Crippen molar-refractivity contribution in [2.24, 2.45) is 0 Å². The van der Waals surface area contributed by atoms with Gasteiger partial charge in [0, 0.05) is 6.20 Å². The maximum atomic E-state index is 4.39. The van der Waals surface area contributed by atoms with Crippen molar-refractivity contribution in [3.05, 3.63) is 59.2 Å². The lowest BCUT2D eigenvalue weighted by Crippen LogP contribution is -2.24. The van der Waals surface area contributed by atoms with Gasteiger partial charge in [-0.05, 0) is 49.6 Å². The van der Waals surface area contributed by atoms with Crippen LogP contribution in [0.1, 0.15) is 41.8 Å². The summed E-state index contributed by atoms with van der Waals surface area (Å²) < 4.78 is 0. The third-order valence-corrected chi connectivity index (χ3v) is 3.36. The highest BCUT2D eigenvalue weighted by molar-refractivity contribution is 5.35. The first-order chi connectivity index (χ1) is 9.22. The van der Waals surface area contributed by atoms with Gasteiger partial charge in [0.15, 0.2) is 0 Å². The predicted molar refractivity (Wildman–Crippen MR) is 78.1 cm³/mol. The Bertz CT molecular complexity index is 523. The molecular weight excluding hydrogens is 234 g/mol. The van der Waals surface area contributed by atoms with Crippen LogP contribution in [0.5, 0.6) is 0 Å². The Morgan fingerprint density at radius 2 is 2.00 bits per heavy atom. The molecule has 0 fully saturated rings. The summed E-state index contributed by atoms with van der Waals surface area (Å²) in [4.78, 5) is 8.38. The van der Waals surface area contributed by atoms with Crippen molar-refractivity contribution in [1.82, 2.24) is 15.3 Å². The maximum Gasteiger partial charge on any atom is 0.115 e. The smallest absolute Gasteiger partial charge is 0.115 e. The highest BCUT2D eigenvalue weighted by Crippen LogP contribution is 2.22. The fraction of sp³-hybridized carbons (Fsp3) is 0.375. The number of rotatable bonds is 5. The third-order valence-electron chi connectivity index (χ3n) is 3.36. The first-order valence-corrected chi connectivity index (χ1v) is 6.78. The molecule has 1 aromatic heterocycles. The Labute approximate surface area is 115 Å². The molecule has 2 aromatic rings. The number of benzene rings is 1. The Morgan fingerprint density at radius 3 is 2.63 bits per heavy atom. The lowest BCUT2D eigenvalue weighted by molar-refractivity contribution is 0.585. The molecule has 1 atom stereocenters. The normalized spacial score (nSPS) is 12.4. The largest absolute Gasteiger partial charge is 0.305 e. The van der Waals surface area contributed by atoms with Gasteiger partial charge in [-0.25, -0.2) is 9.97 Å². The molecule has 3 nitrogen and oxygen atoms in total. The molecule has 1 unspecified atom stereocenters. The second-order valence-electron chi connectivity index (χ2n) is 4.87. The first-order valence-electron chi connectivity index (χ1n) is 6.78. The molecule has 0 saturated carbocycles. The lowest BCUT2D eigenvalue weighted by atomic mass is 9.98. The highest BCUT2D eigenvalue weighted by atomic mass is 14.9. The minimum atomic E-state index is 0.141. The summed E-state index contributed by atoms with van der Waals surface area (Å²) in [5.74, 6) is 0. The SMILES string of the molecule is CCCNC(c1ccc(C)c(C)c1)c1ccncn1. The van der Waals surface area contributed by atoms with E-state index in [1.807, 2.05) is 6.07 Å². The molecule has 100 valence electrons. The van der Waals surface area contributed by atoms with Crippen LogP contribution in [0, 0.1) is 13.8 Å². The fourth-order valence-electron chi connectivity index (χ4n) is 2.10. The Kier molecular flexibility index (Phi) is 4.63. The van der Waals surface area contributed by atoms with Gasteiger partial charge in [0.05, 0.1) is 11.7 Å². The third kappa shape index (κ3) is 3.38. The zero-order valence-corrected chi connectivity index (χ0v) is 11.9. The van der Waals surface area contributed by atoms with E-state index < -0.39 is 0 Å². The second-order valence-corrected chi connectivity index (χ2v) is 4.87. The summed E-state index contributed by atoms with van der Waals surface area (Å²) >= 11 is 0. The van der Waals surface area contributed by atoms with Gasteiger partial charge in [-0.1, -0.05) is 25.1 Å². The molecule has 19 heavy (non-hydrogen) atoms. The van der Waals surface area contributed by atoms with Crippen LogP contribution in [0.4, 0.5) is 0 Å². The minimum absolute atomic E-state index is 0.141. The average molecular weight is 255 g/mol. The lowest BCUT2D eigenvalue weighted by Gasteiger charge is -2.19. The second kappa shape index (κ2) is 6.43. The van der Waals surface area contributed by atoms with Crippen molar-refractivity contribution in [3.63, 3.8) is 0 Å². The van der Waals surface area contributed by atoms with E-state index in [1.54, 1.807) is 12.5 Å². The van der Waals surface area contributed by atoms with E-state index in [0.29, 0.717) is 0 Å². The van der Waals surface area contributed by atoms with Crippen LogP contribution in [-0.4, -0.2) is 16.5 Å². The van der Waals surface area contributed by atoms with Crippen LogP contribution >= 0.6 is 0 Å². The number of hydrogen-bond acceptors (Lipinski definition) is 3. The monoisotopic (exact) mass is 255 g/mol. The molecule has 1 aromatic carbocycles. The van der Waals surface area contributed by atoms with Crippen LogP contribution in [0.2, 0.25) is 0 Å². The number of nitrogens with one attached hydrogen (secondary N) is 1. The van der Waals surface area contributed by atoms with Crippen LogP contribution < -0.4 is 5.32 Å². The number of hydrogen-bond donors (Lipinski definition) is 1. The molecule has 0 aliphatic heterocycles. The van der Waals surface area contributed by atoms with Crippen molar-refractivity contribution in [3.8, 4) is 0 Å². The zero-order chi connectivity index (χ0) is 13.7. The van der Waals surface area contributed by atoms with E-state index in [-0.39, 0.29) is 6.04 Å². The Morgan fingerprint density at radius 1 is 1.16 bits per heavy atom. The van der Waals surface area contributed by atoms with Gasteiger partial charge in [-0.3, -0.25) is 0 Å². The van der Waals surface area contributed by atoms with Crippen molar-refractivity contribution in [2.75, 3.05) is 6.54 Å². The maximum absolute atomic E-state index is 4.39. The summed E-state index contributed by atoms with van der Waals surface area (Å²) in [6.07, 6.45) is 4.51. The van der Waals surface area contributed by atoms with Gasteiger partial charge in [0.1, 0.15) is 6.33 Å². The highest BCUT2D eigenvalue weighted by Gasteiger charge is 2.14. The molecule has 0 amide bonds. The standard InChI is InChI=1S/C16H21N3/c1-4-8-18-16(15-7-9-17-11-19-15)14-6-5-12(2)13(3)10-14/h5-7,9-11,16,18H,4,8H2,1-3H3. The minimum Gasteiger partial charge on any atom is -0.305 e. The van der Waals surface area contributed by atoms with Crippen LogP contribution in [0.15, 0.2) is 36.8 Å². The van der Waals surface area contributed by atoms with Crippen molar-refractivity contribution < 1.29 is 0 Å². The number of aromatic nitrogens is 2. The zero-order valence-electron chi connectivity index (χ0n) is 11.9. The summed E-state index contributed by atoms with van der Waals surface area (Å²) in [6.45, 7) is 7.43. The molecule has 0 aliphatic rings. The molecule has 0 bridgehead atoms. The van der Waals surface area contributed by atoms with Gasteiger partial charge >= 0.3 is 0 Å². The van der Waals surface area contributed by atoms with E-state index in [2.05, 4.69) is 54.3 Å². The molecule has 3 heteroatoms. The molecule has 2 rings (SSSR count). The van der Waals surface area contributed by atoms with E-state index in [4.69, 9.17) is 0 Å². The summed E-state index contributed by atoms with van der Waals surface area (Å²) in [5, 5.41) is 3.56. The predicted octanol–water partition coefficient (Wildman–Crippen LogP) is 3.18. The van der Waals surface area contributed by atoms with E-state index in [0.717, 1.165) is 18.7 Å². The quantitative estimate of drug-likeness (QED) is 0.891. The van der Waals surface area contributed by atoms with Crippen LogP contribution in [0.3, 0.4) is 0 Å². The molecule has 1 N–H and O–H groups in total. The Balaban J connectivity index is 2.34. The molecule has 0 aliphatic carbocycles. The van der Waals surface area contributed by atoms with E-state index >= 15 is 0 Å². The van der Waals surface area contributed by atoms with Gasteiger partial charge in [-0.15, -0.1) is 0 Å². The summed E-state index contributed by atoms with van der Waals surface area (Å²) in [5.41, 5.74) is 4.91. The van der Waals surface area contributed by atoms with Gasteiger partial charge in [0.2, 0.25) is 0 Å². The summed E-state index contributed by atoms with van der Waals surface area (Å²) in [7, 11) is 0. The summed E-state index contributed by atoms with van der Waals surface area (Å²) in [6, 6.07) is 8.71. The van der Waals surface area contributed by atoms with Gasteiger partial charge < -0.3 is 5.32 Å². The van der Waals surface area contributed by atoms with E-state index in [1.165, 1.54) is 16.7 Å². The number of aryl methyl sites for hydroxylation is 2.